The number of rotatable bonds is 18. The van der Waals surface area contributed by atoms with Gasteiger partial charge in [-0.1, -0.05) is 96.6 Å². The summed E-state index contributed by atoms with van der Waals surface area (Å²) >= 11 is 0. The second-order valence-corrected chi connectivity index (χ2v) is 19.8. The van der Waals surface area contributed by atoms with E-state index in [1.807, 2.05) is 84.9 Å². The quantitative estimate of drug-likeness (QED) is 0.0635. The van der Waals surface area contributed by atoms with Gasteiger partial charge in [-0.25, -0.2) is 0 Å². The fourth-order valence-corrected chi connectivity index (χ4v) is 8.88. The molecule has 4 heterocycles. The Hall–Kier alpha value is -4.18. The molecular formula is C68H76Ir4N4-4. The van der Waals surface area contributed by atoms with Crippen LogP contribution in [0.25, 0.3) is 0 Å². The molecule has 0 atom stereocenters. The zero-order chi connectivity index (χ0) is 50.4. The molecule has 1 aliphatic rings. The van der Waals surface area contributed by atoms with Crippen LogP contribution in [-0.2, 0) is 132 Å². The van der Waals surface area contributed by atoms with Crippen LogP contribution >= 0.6 is 0 Å². The van der Waals surface area contributed by atoms with Crippen molar-refractivity contribution < 1.29 is 80.4 Å². The van der Waals surface area contributed by atoms with E-state index >= 15 is 0 Å². The van der Waals surface area contributed by atoms with Gasteiger partial charge in [0.05, 0.1) is 0 Å². The smallest absolute Gasteiger partial charge is 0.0444 e. The average molecular weight is 1720 g/mol. The predicted molar refractivity (Wildman–Crippen MR) is 300 cm³/mol. The van der Waals surface area contributed by atoms with E-state index in [1.165, 1.54) is 90.0 Å². The topological polar surface area (TPSA) is 51.6 Å². The normalized spacial score (nSPS) is 11.5. The summed E-state index contributed by atoms with van der Waals surface area (Å²) in [5, 5.41) is 0. The molecular weight excluding hydrogens is 1640 g/mol. The molecule has 8 heteroatoms. The maximum Gasteiger partial charge on any atom is 0.0444 e. The number of nitrogens with zero attached hydrogens (tertiary/aromatic N) is 4. The fourth-order valence-electron chi connectivity index (χ4n) is 8.88. The molecule has 4 nitrogen and oxygen atoms in total. The van der Waals surface area contributed by atoms with E-state index in [0.717, 1.165) is 86.0 Å². The minimum absolute atomic E-state index is 0. The molecule has 0 spiro atoms. The summed E-state index contributed by atoms with van der Waals surface area (Å²) in [5.41, 5.74) is 14.1. The summed E-state index contributed by atoms with van der Waals surface area (Å²) in [7, 11) is 0. The van der Waals surface area contributed by atoms with Crippen molar-refractivity contribution in [3.05, 3.63) is 275 Å². The Morgan fingerprint density at radius 2 is 0.803 bits per heavy atom. The number of aromatic nitrogens is 4. The molecule has 1 saturated carbocycles. The summed E-state index contributed by atoms with van der Waals surface area (Å²) in [6, 6.07) is 70.6. The molecule has 8 aromatic rings. The number of benzene rings is 4. The van der Waals surface area contributed by atoms with Gasteiger partial charge in [-0.2, -0.15) is 144 Å². The summed E-state index contributed by atoms with van der Waals surface area (Å²) in [4.78, 5) is 18.8. The third-order valence-electron chi connectivity index (χ3n) is 12.4. The van der Waals surface area contributed by atoms with E-state index < -0.39 is 0 Å². The molecule has 408 valence electrons. The van der Waals surface area contributed by atoms with Gasteiger partial charge < -0.3 is 0 Å². The van der Waals surface area contributed by atoms with Gasteiger partial charge in [0, 0.05) is 132 Å². The predicted octanol–water partition coefficient (Wildman–Crippen LogP) is 15.9. The second-order valence-electron chi connectivity index (χ2n) is 19.8. The van der Waals surface area contributed by atoms with Crippen molar-refractivity contribution in [1.82, 2.24) is 19.9 Å². The van der Waals surface area contributed by atoms with Crippen LogP contribution in [0.5, 0.6) is 0 Å². The average Bonchev–Trinajstić information content (AvgIpc) is 3.39. The van der Waals surface area contributed by atoms with Gasteiger partial charge in [0.25, 0.3) is 0 Å². The Bertz CT molecular complexity index is 2710. The number of aryl methyl sites for hydroxylation is 1. The molecule has 4 aromatic heterocycles. The molecule has 0 N–H and O–H groups in total. The van der Waals surface area contributed by atoms with Crippen LogP contribution in [0.2, 0.25) is 0 Å². The number of pyridine rings is 4. The maximum absolute atomic E-state index is 4.84. The molecule has 76 heavy (non-hydrogen) atoms. The molecule has 0 amide bonds. The minimum atomic E-state index is 0. The van der Waals surface area contributed by atoms with Crippen molar-refractivity contribution >= 4 is 0 Å². The van der Waals surface area contributed by atoms with Gasteiger partial charge in [-0.05, 0) is 118 Å². The van der Waals surface area contributed by atoms with Gasteiger partial charge in [-0.3, -0.25) is 19.9 Å². The van der Waals surface area contributed by atoms with Gasteiger partial charge in [-0.15, -0.1) is 6.58 Å². The zero-order valence-electron chi connectivity index (χ0n) is 44.9. The maximum atomic E-state index is 4.84. The molecule has 0 bridgehead atoms. The zero-order valence-corrected chi connectivity index (χ0v) is 54.5. The van der Waals surface area contributed by atoms with Crippen molar-refractivity contribution in [2.75, 3.05) is 0 Å². The Kier molecular flexibility index (Phi) is 35.8. The van der Waals surface area contributed by atoms with E-state index in [0.29, 0.717) is 5.92 Å². The third-order valence-corrected chi connectivity index (χ3v) is 12.4. The minimum Gasteiger partial charge on any atom is -0.258 e. The molecule has 4 radical (unpaired) electrons. The van der Waals surface area contributed by atoms with Gasteiger partial charge in [0.1, 0.15) is 0 Å². The van der Waals surface area contributed by atoms with Crippen LogP contribution in [0.3, 0.4) is 0 Å². The Morgan fingerprint density at radius 1 is 0.434 bits per heavy atom. The number of hydrogen-bond acceptors (Lipinski definition) is 4. The Morgan fingerprint density at radius 3 is 1.20 bits per heavy atom. The van der Waals surface area contributed by atoms with Crippen LogP contribution in [0.1, 0.15) is 140 Å². The van der Waals surface area contributed by atoms with E-state index in [2.05, 4.69) is 160 Å². The Balaban J connectivity index is 0.000000342. The summed E-state index contributed by atoms with van der Waals surface area (Å²) < 4.78 is 0. The van der Waals surface area contributed by atoms with Crippen LogP contribution in [0.4, 0.5) is 0 Å². The van der Waals surface area contributed by atoms with E-state index in [4.69, 9.17) is 9.97 Å². The van der Waals surface area contributed by atoms with Crippen molar-refractivity contribution in [2.45, 2.75) is 124 Å². The molecule has 1 aliphatic carbocycles. The standard InChI is InChI=1S/C19H22N.C18H22N.C16H18N.C15H14N.4Ir/c1-3-8-16(9-4-1)14-18-12-7-13-19(20-18)15-17-10-5-2-6-11-17;1-15(2)8-6-11-17-12-7-13-18(19-17)14-16-9-4-3-5-10-16;1-13(2)11-15-9-6-10-16(17-15)12-14-7-4-3-5-8-14;1-2-7-14-10-6-11-15(16-14)12-13-8-4-3-5-9-13;;;;/h1,3-4,7-8,12-13,17H,2,5-6,10-11,14-15H2;3-5,7,9,12-13,15H,6,8,11,14H2,1-2H3;3-7,9-10,13H,11-12H2,1-2H3;2-6,8,10-11H,1,7,12H2;;;;/q4*-1;;;;. The first-order chi connectivity index (χ1) is 35.3. The summed E-state index contributed by atoms with van der Waals surface area (Å²) in [5.74, 6) is 2.29. The van der Waals surface area contributed by atoms with Crippen LogP contribution in [0, 0.1) is 42.0 Å². The van der Waals surface area contributed by atoms with Crippen LogP contribution in [-0.4, -0.2) is 19.9 Å². The van der Waals surface area contributed by atoms with E-state index in [1.54, 1.807) is 0 Å². The van der Waals surface area contributed by atoms with Crippen molar-refractivity contribution in [1.29, 1.82) is 0 Å². The number of hydrogen-bond donors (Lipinski definition) is 0. The molecule has 0 unspecified atom stereocenters. The largest absolute Gasteiger partial charge is 0.258 e. The third kappa shape index (κ3) is 27.9. The SMILES string of the molecule is C=CCc1cccc(Cc2[c-]cccc2)n1.CC(C)CCCc1cccc(Cc2[c-]cccc2)n1.CC(C)Cc1cccc(Cc2[c-]cccc2)n1.[Ir].[Ir].[Ir].[Ir].[c-]1ccccc1Cc1cccc(CC2CCCCC2)n1. The monoisotopic (exact) mass is 1720 g/mol. The molecule has 0 aliphatic heterocycles. The first-order valence-corrected chi connectivity index (χ1v) is 26.5. The summed E-state index contributed by atoms with van der Waals surface area (Å²) in [6.45, 7) is 12.7. The van der Waals surface area contributed by atoms with Gasteiger partial charge >= 0.3 is 0 Å². The van der Waals surface area contributed by atoms with Crippen molar-refractivity contribution in [3.63, 3.8) is 0 Å². The van der Waals surface area contributed by atoms with Crippen molar-refractivity contribution in [3.8, 4) is 0 Å². The van der Waals surface area contributed by atoms with Gasteiger partial charge in [0.15, 0.2) is 0 Å². The first-order valence-electron chi connectivity index (χ1n) is 26.5. The van der Waals surface area contributed by atoms with Crippen LogP contribution < -0.4 is 0 Å². The molecule has 0 saturated heterocycles. The van der Waals surface area contributed by atoms with Gasteiger partial charge in [0.2, 0.25) is 0 Å². The molecule has 4 aromatic carbocycles. The Labute approximate surface area is 512 Å². The fraction of sp³-hybridized carbons (Fsp3) is 0.324. The molecule has 9 rings (SSSR count). The van der Waals surface area contributed by atoms with E-state index in [-0.39, 0.29) is 80.4 Å². The van der Waals surface area contributed by atoms with E-state index in [9.17, 15) is 0 Å². The number of allylic oxidation sites excluding steroid dienone is 1. The van der Waals surface area contributed by atoms with Crippen molar-refractivity contribution in [2.24, 2.45) is 17.8 Å². The molecule has 1 fully saturated rings. The first kappa shape index (κ1) is 67.9. The van der Waals surface area contributed by atoms with Crippen LogP contribution in [0.15, 0.2) is 183 Å². The summed E-state index contributed by atoms with van der Waals surface area (Å²) in [6.07, 6.45) is 19.0. The second kappa shape index (κ2) is 40.1.